The van der Waals surface area contributed by atoms with Crippen LogP contribution in [0.15, 0.2) is 48.5 Å². The zero-order chi connectivity index (χ0) is 25.6. The van der Waals surface area contributed by atoms with E-state index >= 15 is 0 Å². The normalized spacial score (nSPS) is 22.7. The molecule has 0 radical (unpaired) electrons. The fourth-order valence-electron chi connectivity index (χ4n) is 6.57. The highest BCUT2D eigenvalue weighted by atomic mass is 16.5. The van der Waals surface area contributed by atoms with Gasteiger partial charge in [0.2, 0.25) is 5.91 Å². The van der Waals surface area contributed by atoms with Gasteiger partial charge < -0.3 is 14.5 Å². The van der Waals surface area contributed by atoms with Crippen molar-refractivity contribution in [3.05, 3.63) is 65.2 Å². The minimum Gasteiger partial charge on any atom is -0.494 e. The van der Waals surface area contributed by atoms with Crippen LogP contribution in [0.1, 0.15) is 106 Å². The van der Waals surface area contributed by atoms with Gasteiger partial charge in [-0.1, -0.05) is 81.8 Å². The molecule has 1 saturated heterocycles. The molecule has 2 fully saturated rings. The Hall–Kier alpha value is -2.82. The summed E-state index contributed by atoms with van der Waals surface area (Å²) >= 11 is 0. The van der Waals surface area contributed by atoms with Crippen LogP contribution in [0.2, 0.25) is 0 Å². The molecule has 1 aliphatic heterocycles. The Bertz CT molecular complexity index is 1060. The Labute approximate surface area is 222 Å². The molecular formula is C32H42N2O3. The highest BCUT2D eigenvalue weighted by Gasteiger charge is 2.46. The van der Waals surface area contributed by atoms with E-state index in [0.29, 0.717) is 6.61 Å². The molecule has 5 nitrogen and oxygen atoms in total. The fourth-order valence-corrected chi connectivity index (χ4v) is 6.57. The Morgan fingerprint density at radius 3 is 2.43 bits per heavy atom. The van der Waals surface area contributed by atoms with Crippen LogP contribution >= 0.6 is 0 Å². The number of amides is 2. The molecule has 2 aromatic rings. The van der Waals surface area contributed by atoms with Gasteiger partial charge in [0.1, 0.15) is 18.3 Å². The van der Waals surface area contributed by atoms with Crippen molar-refractivity contribution < 1.29 is 14.3 Å². The summed E-state index contributed by atoms with van der Waals surface area (Å²) in [7, 11) is 0. The summed E-state index contributed by atoms with van der Waals surface area (Å²) in [4.78, 5) is 31.9. The number of aryl methyl sites for hydroxylation is 1. The first-order chi connectivity index (χ1) is 18.2. The minimum atomic E-state index is -0.585. The van der Waals surface area contributed by atoms with Crippen molar-refractivity contribution in [2.45, 2.75) is 102 Å². The van der Waals surface area contributed by atoms with E-state index < -0.39 is 6.04 Å². The van der Waals surface area contributed by atoms with E-state index in [1.165, 1.54) is 36.8 Å². The SMILES string of the molecule is CCCCCCOc1ccc([C@H]2C(=O)N(C3CCCCC3)CC(=O)N2[C@H]2CCCc3ccccc32)cc1. The summed E-state index contributed by atoms with van der Waals surface area (Å²) in [5, 5.41) is 0. The second kappa shape index (κ2) is 12.1. The molecule has 2 amide bonds. The molecular weight excluding hydrogens is 460 g/mol. The van der Waals surface area contributed by atoms with Crippen molar-refractivity contribution in [1.29, 1.82) is 0 Å². The van der Waals surface area contributed by atoms with Crippen LogP contribution in [0.3, 0.4) is 0 Å². The molecule has 3 aliphatic rings. The fraction of sp³-hybridized carbons (Fsp3) is 0.562. The van der Waals surface area contributed by atoms with Gasteiger partial charge in [0.05, 0.1) is 12.6 Å². The number of hydrogen-bond acceptors (Lipinski definition) is 3. The van der Waals surface area contributed by atoms with Gasteiger partial charge in [-0.2, -0.15) is 0 Å². The van der Waals surface area contributed by atoms with Crippen molar-refractivity contribution in [1.82, 2.24) is 9.80 Å². The van der Waals surface area contributed by atoms with Gasteiger partial charge in [-0.25, -0.2) is 0 Å². The summed E-state index contributed by atoms with van der Waals surface area (Å²) in [5.41, 5.74) is 3.40. The van der Waals surface area contributed by atoms with E-state index in [0.717, 1.165) is 62.7 Å². The highest BCUT2D eigenvalue weighted by molar-refractivity contribution is 5.96. The molecule has 0 N–H and O–H groups in total. The first-order valence-corrected chi connectivity index (χ1v) is 14.6. The third kappa shape index (κ3) is 5.71. The number of fused-ring (bicyclic) bond motifs is 1. The second-order valence-corrected chi connectivity index (χ2v) is 11.0. The molecule has 1 saturated carbocycles. The van der Waals surface area contributed by atoms with E-state index in [9.17, 15) is 9.59 Å². The number of piperazine rings is 1. The van der Waals surface area contributed by atoms with Crippen LogP contribution in [0.4, 0.5) is 0 Å². The van der Waals surface area contributed by atoms with Gasteiger partial charge in [0.25, 0.3) is 5.91 Å². The number of nitrogens with zero attached hydrogens (tertiary/aromatic N) is 2. The third-order valence-corrected chi connectivity index (χ3v) is 8.54. The lowest BCUT2D eigenvalue weighted by molar-refractivity contribution is -0.162. The van der Waals surface area contributed by atoms with Crippen molar-refractivity contribution in [2.24, 2.45) is 0 Å². The van der Waals surface area contributed by atoms with Gasteiger partial charge in [-0.15, -0.1) is 0 Å². The molecule has 1 heterocycles. The molecule has 2 aliphatic carbocycles. The number of ether oxygens (including phenoxy) is 1. The third-order valence-electron chi connectivity index (χ3n) is 8.54. The van der Waals surface area contributed by atoms with Crippen LogP contribution < -0.4 is 4.74 Å². The number of unbranched alkanes of at least 4 members (excludes halogenated alkanes) is 3. The summed E-state index contributed by atoms with van der Waals surface area (Å²) < 4.78 is 5.97. The monoisotopic (exact) mass is 502 g/mol. The van der Waals surface area contributed by atoms with Crippen LogP contribution in [0, 0.1) is 0 Å². The highest BCUT2D eigenvalue weighted by Crippen LogP contribution is 2.42. The van der Waals surface area contributed by atoms with Crippen molar-refractivity contribution >= 4 is 11.8 Å². The molecule has 0 bridgehead atoms. The van der Waals surface area contributed by atoms with E-state index in [2.05, 4.69) is 31.2 Å². The maximum atomic E-state index is 14.2. The van der Waals surface area contributed by atoms with Gasteiger partial charge >= 0.3 is 0 Å². The standard InChI is InChI=1S/C32H42N2O3/c1-2-3-4-10-22-37-27-20-18-25(19-21-27)31-32(36)33(26-14-6-5-7-15-26)23-30(35)34(31)29-17-11-13-24-12-8-9-16-28(24)29/h8-9,12,16,18-21,26,29,31H,2-7,10-11,13-15,17,22-23H2,1H3/t29-,31-/m0/s1. The zero-order valence-corrected chi connectivity index (χ0v) is 22.4. The minimum absolute atomic E-state index is 0.0607. The predicted octanol–water partition coefficient (Wildman–Crippen LogP) is 6.77. The number of carbonyl (C=O) groups excluding carboxylic acids is 2. The molecule has 2 aromatic carbocycles. The molecule has 2 atom stereocenters. The molecule has 5 heteroatoms. The quantitative estimate of drug-likeness (QED) is 0.356. The number of rotatable bonds is 9. The summed E-state index contributed by atoms with van der Waals surface area (Å²) in [6.45, 7) is 3.12. The summed E-state index contributed by atoms with van der Waals surface area (Å²) in [6, 6.07) is 15.9. The van der Waals surface area contributed by atoms with Crippen LogP contribution in [0.5, 0.6) is 5.75 Å². The van der Waals surface area contributed by atoms with Gasteiger partial charge in [-0.3, -0.25) is 9.59 Å². The molecule has 0 aromatic heterocycles. The van der Waals surface area contributed by atoms with Crippen LogP contribution in [-0.4, -0.2) is 40.8 Å². The lowest BCUT2D eigenvalue weighted by atomic mass is 9.84. The first-order valence-electron chi connectivity index (χ1n) is 14.6. The first kappa shape index (κ1) is 25.8. The molecule has 0 spiro atoms. The van der Waals surface area contributed by atoms with Crippen molar-refractivity contribution in [3.8, 4) is 5.75 Å². The van der Waals surface area contributed by atoms with Gasteiger partial charge in [-0.05, 0) is 67.3 Å². The average Bonchev–Trinajstić information content (AvgIpc) is 2.94. The number of benzene rings is 2. The van der Waals surface area contributed by atoms with Crippen molar-refractivity contribution in [3.63, 3.8) is 0 Å². The van der Waals surface area contributed by atoms with Crippen LogP contribution in [-0.2, 0) is 16.0 Å². The topological polar surface area (TPSA) is 49.9 Å². The number of carbonyl (C=O) groups is 2. The van der Waals surface area contributed by atoms with E-state index in [-0.39, 0.29) is 30.4 Å². The zero-order valence-electron chi connectivity index (χ0n) is 22.4. The summed E-state index contributed by atoms with van der Waals surface area (Å²) in [6.07, 6.45) is 13.1. The van der Waals surface area contributed by atoms with E-state index in [1.807, 2.05) is 34.1 Å². The molecule has 0 unspecified atom stereocenters. The Morgan fingerprint density at radius 1 is 0.865 bits per heavy atom. The Morgan fingerprint density at radius 2 is 1.65 bits per heavy atom. The Balaban J connectivity index is 1.43. The molecule has 5 rings (SSSR count). The van der Waals surface area contributed by atoms with E-state index in [4.69, 9.17) is 4.74 Å². The van der Waals surface area contributed by atoms with Crippen LogP contribution in [0.25, 0.3) is 0 Å². The lowest BCUT2D eigenvalue weighted by Crippen LogP contribution is -2.59. The average molecular weight is 503 g/mol. The van der Waals surface area contributed by atoms with Gasteiger partial charge in [0, 0.05) is 6.04 Å². The number of hydrogen-bond donors (Lipinski definition) is 0. The van der Waals surface area contributed by atoms with E-state index in [1.54, 1.807) is 0 Å². The smallest absolute Gasteiger partial charge is 0.250 e. The lowest BCUT2D eigenvalue weighted by Gasteiger charge is -2.48. The summed E-state index contributed by atoms with van der Waals surface area (Å²) in [5.74, 6) is 0.990. The van der Waals surface area contributed by atoms with Crippen molar-refractivity contribution in [2.75, 3.05) is 13.2 Å². The maximum absolute atomic E-state index is 14.2. The largest absolute Gasteiger partial charge is 0.494 e. The molecule has 37 heavy (non-hydrogen) atoms. The Kier molecular flexibility index (Phi) is 8.48. The molecule has 198 valence electrons. The van der Waals surface area contributed by atoms with Gasteiger partial charge in [0.15, 0.2) is 0 Å². The predicted molar refractivity (Wildman–Crippen MR) is 146 cm³/mol. The second-order valence-electron chi connectivity index (χ2n) is 11.0. The maximum Gasteiger partial charge on any atom is 0.250 e.